The minimum absolute atomic E-state index is 0.132. The number of carbonyl (C=O) groups excluding carboxylic acids is 1. The van der Waals surface area contributed by atoms with Gasteiger partial charge < -0.3 is 14.1 Å². The molecular weight excluding hydrogens is 373 g/mol. The van der Waals surface area contributed by atoms with Gasteiger partial charge in [-0.1, -0.05) is 12.1 Å². The summed E-state index contributed by atoms with van der Waals surface area (Å²) in [6.45, 7) is 2.64. The lowest BCUT2D eigenvalue weighted by Crippen LogP contribution is -2.47. The molecule has 1 atom stereocenters. The number of halogens is 3. The van der Waals surface area contributed by atoms with E-state index in [9.17, 15) is 18.0 Å². The van der Waals surface area contributed by atoms with Gasteiger partial charge in [0.1, 0.15) is 11.5 Å². The molecule has 5 nitrogen and oxygen atoms in total. The number of hydrogen-bond acceptors (Lipinski definition) is 4. The summed E-state index contributed by atoms with van der Waals surface area (Å²) < 4.78 is 46.3. The number of nitrogens with zero attached hydrogens (tertiary/aromatic N) is 2. The molecule has 2 aliphatic rings. The van der Waals surface area contributed by atoms with Crippen LogP contribution in [-0.2, 0) is 6.42 Å². The Bertz CT molecular complexity index is 858. The van der Waals surface area contributed by atoms with Crippen LogP contribution in [0, 0.1) is 0 Å². The first-order chi connectivity index (χ1) is 13.3. The Balaban J connectivity index is 1.50. The molecule has 4 rings (SSSR count). The van der Waals surface area contributed by atoms with Gasteiger partial charge >= 0.3 is 6.36 Å². The van der Waals surface area contributed by atoms with E-state index in [-0.39, 0.29) is 17.6 Å². The van der Waals surface area contributed by atoms with E-state index >= 15 is 0 Å². The van der Waals surface area contributed by atoms with Crippen LogP contribution in [0.25, 0.3) is 0 Å². The van der Waals surface area contributed by atoms with Crippen molar-refractivity contribution >= 4 is 5.91 Å². The smallest absolute Gasteiger partial charge is 0.447 e. The predicted molar refractivity (Wildman–Crippen MR) is 94.0 cm³/mol. The summed E-state index contributed by atoms with van der Waals surface area (Å²) in [4.78, 5) is 19.1. The van der Waals surface area contributed by atoms with Crippen LogP contribution in [0.15, 0.2) is 35.1 Å². The fraction of sp³-hybridized carbons (Fsp3) is 0.500. The second-order valence-corrected chi connectivity index (χ2v) is 7.77. The average molecular weight is 394 g/mol. The maximum Gasteiger partial charge on any atom is 0.573 e. The first kappa shape index (κ1) is 18.8. The SMILES string of the molecule is CC1(Cc2ccc(OC(F)(F)F)cc2)CCCN1C(=O)c1ncoc1C1CC1. The molecule has 1 unspecified atom stereocenters. The summed E-state index contributed by atoms with van der Waals surface area (Å²) in [6.07, 6.45) is 0.872. The summed E-state index contributed by atoms with van der Waals surface area (Å²) in [7, 11) is 0. The zero-order chi connectivity index (χ0) is 19.9. The number of likely N-dealkylation sites (tertiary alicyclic amines) is 1. The van der Waals surface area contributed by atoms with Crippen molar-refractivity contribution in [3.8, 4) is 5.75 Å². The van der Waals surface area contributed by atoms with Gasteiger partial charge in [-0.05, 0) is 56.7 Å². The largest absolute Gasteiger partial charge is 0.573 e. The van der Waals surface area contributed by atoms with Crippen LogP contribution in [0.4, 0.5) is 13.2 Å². The molecule has 2 heterocycles. The van der Waals surface area contributed by atoms with Crippen LogP contribution in [-0.4, -0.2) is 34.2 Å². The van der Waals surface area contributed by atoms with Crippen molar-refractivity contribution < 1.29 is 27.1 Å². The highest BCUT2D eigenvalue weighted by Gasteiger charge is 2.43. The molecule has 0 spiro atoms. The summed E-state index contributed by atoms with van der Waals surface area (Å²) in [5, 5.41) is 0. The average Bonchev–Trinajstić information content (AvgIpc) is 3.22. The molecule has 1 saturated heterocycles. The van der Waals surface area contributed by atoms with E-state index in [2.05, 4.69) is 9.72 Å². The lowest BCUT2D eigenvalue weighted by atomic mass is 9.90. The molecule has 1 aliphatic carbocycles. The summed E-state index contributed by atoms with van der Waals surface area (Å²) in [5.41, 5.74) is 0.812. The van der Waals surface area contributed by atoms with E-state index in [0.717, 1.165) is 31.2 Å². The molecule has 28 heavy (non-hydrogen) atoms. The number of carbonyl (C=O) groups is 1. The van der Waals surface area contributed by atoms with Crippen LogP contribution in [0.2, 0.25) is 0 Å². The topological polar surface area (TPSA) is 55.6 Å². The van der Waals surface area contributed by atoms with Gasteiger partial charge in [-0.3, -0.25) is 4.79 Å². The van der Waals surface area contributed by atoms with Gasteiger partial charge in [-0.15, -0.1) is 13.2 Å². The third-order valence-electron chi connectivity index (χ3n) is 5.48. The van der Waals surface area contributed by atoms with E-state index in [1.54, 1.807) is 12.1 Å². The molecule has 1 amide bonds. The molecule has 0 N–H and O–H groups in total. The van der Waals surface area contributed by atoms with Crippen LogP contribution in [0.3, 0.4) is 0 Å². The molecule has 1 aromatic carbocycles. The van der Waals surface area contributed by atoms with Gasteiger partial charge in [0.05, 0.1) is 0 Å². The minimum Gasteiger partial charge on any atom is -0.447 e. The third-order valence-corrected chi connectivity index (χ3v) is 5.48. The Morgan fingerprint density at radius 1 is 1.32 bits per heavy atom. The molecule has 2 fully saturated rings. The van der Waals surface area contributed by atoms with Crippen LogP contribution >= 0.6 is 0 Å². The maximum atomic E-state index is 13.1. The van der Waals surface area contributed by atoms with E-state index in [0.29, 0.717) is 24.4 Å². The predicted octanol–water partition coefficient (Wildman–Crippen LogP) is 4.69. The monoisotopic (exact) mass is 394 g/mol. The summed E-state index contributed by atoms with van der Waals surface area (Å²) in [6, 6.07) is 5.82. The summed E-state index contributed by atoms with van der Waals surface area (Å²) >= 11 is 0. The Kier molecular flexibility index (Phi) is 4.59. The Morgan fingerprint density at radius 2 is 2.04 bits per heavy atom. The van der Waals surface area contributed by atoms with Crippen molar-refractivity contribution in [3.63, 3.8) is 0 Å². The van der Waals surface area contributed by atoms with E-state index < -0.39 is 11.9 Å². The second-order valence-electron chi connectivity index (χ2n) is 7.77. The van der Waals surface area contributed by atoms with Crippen molar-refractivity contribution in [3.05, 3.63) is 47.7 Å². The molecule has 1 saturated carbocycles. The van der Waals surface area contributed by atoms with Crippen molar-refractivity contribution in [2.75, 3.05) is 6.54 Å². The number of alkyl halides is 3. The lowest BCUT2D eigenvalue weighted by molar-refractivity contribution is -0.274. The van der Waals surface area contributed by atoms with Crippen LogP contribution < -0.4 is 4.74 Å². The van der Waals surface area contributed by atoms with Gasteiger partial charge in [-0.2, -0.15) is 0 Å². The van der Waals surface area contributed by atoms with Gasteiger partial charge in [0.25, 0.3) is 5.91 Å². The lowest BCUT2D eigenvalue weighted by Gasteiger charge is -2.35. The highest BCUT2D eigenvalue weighted by molar-refractivity contribution is 5.94. The fourth-order valence-electron chi connectivity index (χ4n) is 3.98. The van der Waals surface area contributed by atoms with E-state index in [1.165, 1.54) is 18.5 Å². The summed E-state index contributed by atoms with van der Waals surface area (Å²) in [5.74, 6) is 0.578. The zero-order valence-electron chi connectivity index (χ0n) is 15.5. The Hall–Kier alpha value is -2.51. The molecule has 1 aromatic heterocycles. The van der Waals surface area contributed by atoms with Gasteiger partial charge in [0, 0.05) is 18.0 Å². The number of amides is 1. The van der Waals surface area contributed by atoms with Crippen molar-refractivity contribution in [1.29, 1.82) is 0 Å². The molecule has 0 bridgehead atoms. The number of benzene rings is 1. The minimum atomic E-state index is -4.71. The number of aromatic nitrogens is 1. The number of oxazole rings is 1. The van der Waals surface area contributed by atoms with Crippen molar-refractivity contribution in [2.24, 2.45) is 0 Å². The molecule has 2 aromatic rings. The van der Waals surface area contributed by atoms with E-state index in [1.807, 2.05) is 11.8 Å². The molecule has 0 radical (unpaired) electrons. The molecule has 8 heteroatoms. The molecule has 1 aliphatic heterocycles. The van der Waals surface area contributed by atoms with Crippen molar-refractivity contribution in [1.82, 2.24) is 9.88 Å². The zero-order valence-corrected chi connectivity index (χ0v) is 15.5. The molecule has 150 valence electrons. The maximum absolute atomic E-state index is 13.1. The Labute approximate surface area is 160 Å². The quantitative estimate of drug-likeness (QED) is 0.738. The first-order valence-electron chi connectivity index (χ1n) is 9.35. The Morgan fingerprint density at radius 3 is 2.68 bits per heavy atom. The van der Waals surface area contributed by atoms with Crippen LogP contribution in [0.5, 0.6) is 5.75 Å². The second kappa shape index (κ2) is 6.83. The first-order valence-corrected chi connectivity index (χ1v) is 9.35. The standard InChI is InChI=1S/C20H21F3N2O3/c1-19(11-13-3-7-15(8-4-13)28-20(21,22)23)9-2-10-25(19)18(26)16-17(14-5-6-14)27-12-24-16/h3-4,7-8,12,14H,2,5-6,9-11H2,1H3. The number of ether oxygens (including phenoxy) is 1. The normalized spacial score (nSPS) is 22.5. The van der Waals surface area contributed by atoms with Gasteiger partial charge in [-0.25, -0.2) is 4.98 Å². The molecular formula is C20H21F3N2O3. The van der Waals surface area contributed by atoms with Crippen LogP contribution in [0.1, 0.15) is 60.3 Å². The van der Waals surface area contributed by atoms with Crippen molar-refractivity contribution in [2.45, 2.75) is 56.8 Å². The highest BCUT2D eigenvalue weighted by atomic mass is 19.4. The number of rotatable bonds is 5. The highest BCUT2D eigenvalue weighted by Crippen LogP contribution is 2.42. The third kappa shape index (κ3) is 3.86. The van der Waals surface area contributed by atoms with Gasteiger partial charge in [0.2, 0.25) is 0 Å². The van der Waals surface area contributed by atoms with Gasteiger partial charge in [0.15, 0.2) is 12.1 Å². The fourth-order valence-corrected chi connectivity index (χ4v) is 3.98. The number of hydrogen-bond donors (Lipinski definition) is 0. The van der Waals surface area contributed by atoms with E-state index in [4.69, 9.17) is 4.42 Å².